The van der Waals surface area contributed by atoms with Crippen molar-refractivity contribution in [3.8, 4) is 0 Å². The minimum absolute atomic E-state index is 0.0706. The lowest BCUT2D eigenvalue weighted by molar-refractivity contribution is 0.0748. The first-order valence-electron chi connectivity index (χ1n) is 13.0. The number of piperazine rings is 1. The molecule has 0 bridgehead atoms. The Morgan fingerprint density at radius 3 is 2.49 bits per heavy atom. The number of carbonyl (C=O) groups excluding carboxylic acids is 1. The van der Waals surface area contributed by atoms with Gasteiger partial charge < -0.3 is 14.4 Å². The average molecular weight is 498 g/mol. The summed E-state index contributed by atoms with van der Waals surface area (Å²) in [4.78, 5) is 38.0. The quantitative estimate of drug-likeness (QED) is 0.422. The number of hydrogen-bond donors (Lipinski definition) is 0. The number of nitrogens with zero attached hydrogens (tertiary/aromatic N) is 7. The van der Waals surface area contributed by atoms with Gasteiger partial charge in [0.05, 0.1) is 11.8 Å². The fraction of sp³-hybridized carbons (Fsp3) is 0.357. The largest absolute Gasteiger partial charge is 0.353 e. The molecule has 0 atom stereocenters. The molecule has 37 heavy (non-hydrogen) atoms. The Morgan fingerprint density at radius 1 is 0.973 bits per heavy atom. The summed E-state index contributed by atoms with van der Waals surface area (Å²) in [6.07, 6.45) is 4.13. The van der Waals surface area contributed by atoms with E-state index in [1.54, 1.807) is 12.4 Å². The molecule has 1 aromatic carbocycles. The third-order valence-electron chi connectivity index (χ3n) is 7.51. The molecule has 0 aliphatic carbocycles. The summed E-state index contributed by atoms with van der Waals surface area (Å²) in [5.41, 5.74) is 4.03. The van der Waals surface area contributed by atoms with E-state index >= 15 is 0 Å². The second-order valence-corrected chi connectivity index (χ2v) is 9.68. The molecule has 0 unspecified atom stereocenters. The summed E-state index contributed by atoms with van der Waals surface area (Å²) in [6.45, 7) is 7.62. The number of pyridine rings is 1. The zero-order valence-electron chi connectivity index (χ0n) is 21.1. The Bertz CT molecular complexity index is 1470. The number of carbonyl (C=O) groups is 1. The standard InChI is InChI=1S/C28H31N7O2/c1-2-34-24-11-13-31(19-21-8-4-3-5-9-21)20-23(24)28(37)35-26(34)22(18-30-35)27(36)33-16-14-32(15-17-33)25-10-6-7-12-29-25/h3-10,12,18H,2,11,13-17,19-20H2,1H3. The van der Waals surface area contributed by atoms with Crippen molar-refractivity contribution < 1.29 is 4.79 Å². The van der Waals surface area contributed by atoms with Gasteiger partial charge in [-0.15, -0.1) is 0 Å². The SMILES string of the molecule is CCn1c2c(c(=O)n3ncc(C(=O)N4CCN(c5ccccn5)CC4)c13)CN(Cc1ccccc1)CC2. The van der Waals surface area contributed by atoms with Crippen molar-refractivity contribution in [3.63, 3.8) is 0 Å². The summed E-state index contributed by atoms with van der Waals surface area (Å²) < 4.78 is 3.56. The lowest BCUT2D eigenvalue weighted by Crippen LogP contribution is -2.49. The summed E-state index contributed by atoms with van der Waals surface area (Å²) in [6, 6.07) is 16.2. The number of fused-ring (bicyclic) bond motifs is 2. The Balaban J connectivity index is 1.27. The fourth-order valence-electron chi connectivity index (χ4n) is 5.62. The first-order valence-corrected chi connectivity index (χ1v) is 13.0. The molecule has 5 heterocycles. The van der Waals surface area contributed by atoms with Crippen molar-refractivity contribution in [1.29, 1.82) is 0 Å². The molecule has 0 N–H and O–H groups in total. The van der Waals surface area contributed by atoms with Crippen LogP contribution >= 0.6 is 0 Å². The molecule has 9 heteroatoms. The molecule has 2 aliphatic heterocycles. The second kappa shape index (κ2) is 9.82. The Labute approximate surface area is 215 Å². The number of rotatable bonds is 5. The molecule has 1 fully saturated rings. The number of benzene rings is 1. The van der Waals surface area contributed by atoms with Gasteiger partial charge in [0.1, 0.15) is 11.4 Å². The first kappa shape index (κ1) is 23.4. The van der Waals surface area contributed by atoms with Crippen molar-refractivity contribution in [2.24, 2.45) is 0 Å². The van der Waals surface area contributed by atoms with Crippen LogP contribution in [0.15, 0.2) is 65.7 Å². The summed E-state index contributed by atoms with van der Waals surface area (Å²) in [5.74, 6) is 0.858. The van der Waals surface area contributed by atoms with Crippen molar-refractivity contribution in [3.05, 3.63) is 93.7 Å². The van der Waals surface area contributed by atoms with Crippen LogP contribution in [0.4, 0.5) is 5.82 Å². The topological polar surface area (TPSA) is 79.0 Å². The van der Waals surface area contributed by atoms with Crippen LogP contribution < -0.4 is 10.5 Å². The van der Waals surface area contributed by atoms with Gasteiger partial charge in [0, 0.05) is 70.7 Å². The predicted molar refractivity (Wildman–Crippen MR) is 142 cm³/mol. The molecule has 0 spiro atoms. The highest BCUT2D eigenvalue weighted by Crippen LogP contribution is 2.23. The third-order valence-corrected chi connectivity index (χ3v) is 7.51. The van der Waals surface area contributed by atoms with Crippen LogP contribution in [-0.4, -0.2) is 67.6 Å². The van der Waals surface area contributed by atoms with Crippen molar-refractivity contribution in [2.75, 3.05) is 37.6 Å². The van der Waals surface area contributed by atoms with Crippen LogP contribution in [0.5, 0.6) is 0 Å². The molecule has 190 valence electrons. The Morgan fingerprint density at radius 2 is 1.76 bits per heavy atom. The number of anilines is 1. The maximum Gasteiger partial charge on any atom is 0.279 e. The van der Waals surface area contributed by atoms with Crippen LogP contribution in [0, 0.1) is 0 Å². The van der Waals surface area contributed by atoms with Gasteiger partial charge >= 0.3 is 0 Å². The Kier molecular flexibility index (Phi) is 6.21. The van der Waals surface area contributed by atoms with Crippen LogP contribution in [0.2, 0.25) is 0 Å². The summed E-state index contributed by atoms with van der Waals surface area (Å²) >= 11 is 0. The molecule has 0 radical (unpaired) electrons. The van der Waals surface area contributed by atoms with E-state index in [1.165, 1.54) is 10.1 Å². The molecule has 2 aliphatic rings. The number of amides is 1. The van der Waals surface area contributed by atoms with Gasteiger partial charge in [-0.25, -0.2) is 4.98 Å². The van der Waals surface area contributed by atoms with Gasteiger partial charge in [-0.2, -0.15) is 9.61 Å². The minimum atomic E-state index is -0.119. The zero-order chi connectivity index (χ0) is 25.4. The van der Waals surface area contributed by atoms with E-state index in [2.05, 4.69) is 43.5 Å². The first-order chi connectivity index (χ1) is 18.1. The smallest absolute Gasteiger partial charge is 0.279 e. The Hall–Kier alpha value is -3.98. The van der Waals surface area contributed by atoms with Gasteiger partial charge in [-0.1, -0.05) is 36.4 Å². The third kappa shape index (κ3) is 4.29. The molecule has 4 aromatic rings. The number of hydrogen-bond acceptors (Lipinski definition) is 6. The maximum absolute atomic E-state index is 13.6. The molecule has 3 aromatic heterocycles. The van der Waals surface area contributed by atoms with Crippen molar-refractivity contribution in [2.45, 2.75) is 33.0 Å². The van der Waals surface area contributed by atoms with E-state index in [0.717, 1.165) is 49.7 Å². The van der Waals surface area contributed by atoms with E-state index < -0.39 is 0 Å². The monoisotopic (exact) mass is 497 g/mol. The van der Waals surface area contributed by atoms with Crippen LogP contribution in [0.1, 0.15) is 34.1 Å². The highest BCUT2D eigenvalue weighted by molar-refractivity contribution is 6.00. The number of aromatic nitrogens is 4. The second-order valence-electron chi connectivity index (χ2n) is 9.68. The zero-order valence-corrected chi connectivity index (χ0v) is 21.1. The molecule has 9 nitrogen and oxygen atoms in total. The lowest BCUT2D eigenvalue weighted by Gasteiger charge is -2.35. The molecule has 1 saturated heterocycles. The lowest BCUT2D eigenvalue weighted by atomic mass is 10.0. The predicted octanol–water partition coefficient (Wildman–Crippen LogP) is 2.43. The van der Waals surface area contributed by atoms with Gasteiger partial charge in [0.25, 0.3) is 11.5 Å². The van der Waals surface area contributed by atoms with Crippen molar-refractivity contribution >= 4 is 17.4 Å². The van der Waals surface area contributed by atoms with Gasteiger partial charge in [-0.05, 0) is 24.6 Å². The normalized spacial score (nSPS) is 16.2. The van der Waals surface area contributed by atoms with Crippen LogP contribution in [0.3, 0.4) is 0 Å². The molecular formula is C28H31N7O2. The highest BCUT2D eigenvalue weighted by Gasteiger charge is 2.30. The van der Waals surface area contributed by atoms with Gasteiger partial charge in [-0.3, -0.25) is 14.5 Å². The van der Waals surface area contributed by atoms with E-state index in [4.69, 9.17) is 0 Å². The van der Waals surface area contributed by atoms with Crippen LogP contribution in [0.25, 0.3) is 5.65 Å². The maximum atomic E-state index is 13.6. The fourth-order valence-corrected chi connectivity index (χ4v) is 5.62. The molecule has 0 saturated carbocycles. The van der Waals surface area contributed by atoms with Gasteiger partial charge in [0.15, 0.2) is 5.65 Å². The molecular weight excluding hydrogens is 466 g/mol. The number of aryl methyl sites for hydroxylation is 1. The van der Waals surface area contributed by atoms with Crippen LogP contribution in [-0.2, 0) is 26.1 Å². The highest BCUT2D eigenvalue weighted by atomic mass is 16.2. The van der Waals surface area contributed by atoms with Gasteiger partial charge in [0.2, 0.25) is 0 Å². The van der Waals surface area contributed by atoms with E-state index in [1.807, 2.05) is 41.3 Å². The summed E-state index contributed by atoms with van der Waals surface area (Å²) in [7, 11) is 0. The summed E-state index contributed by atoms with van der Waals surface area (Å²) in [5, 5.41) is 4.42. The average Bonchev–Trinajstić information content (AvgIpc) is 3.40. The molecule has 1 amide bonds. The van der Waals surface area contributed by atoms with E-state index in [-0.39, 0.29) is 11.5 Å². The van der Waals surface area contributed by atoms with E-state index in [9.17, 15) is 9.59 Å². The minimum Gasteiger partial charge on any atom is -0.353 e. The van der Waals surface area contributed by atoms with Crippen molar-refractivity contribution in [1.82, 2.24) is 29.0 Å². The van der Waals surface area contributed by atoms with E-state index in [0.29, 0.717) is 37.4 Å². The molecule has 6 rings (SSSR count).